The van der Waals surface area contributed by atoms with Gasteiger partial charge in [-0.25, -0.2) is 0 Å². The molecule has 0 atom stereocenters. The summed E-state index contributed by atoms with van der Waals surface area (Å²) in [5.74, 6) is 0.801. The zero-order chi connectivity index (χ0) is 5.28. The van der Waals surface area contributed by atoms with Crippen LogP contribution in [-0.4, -0.2) is 23.9 Å². The van der Waals surface area contributed by atoms with E-state index < -0.39 is 0 Å². The molecule has 1 rings (SSSR count). The van der Waals surface area contributed by atoms with Crippen LogP contribution >= 0.6 is 0 Å². The zero-order valence-electron chi connectivity index (χ0n) is 4.59. The Morgan fingerprint density at radius 2 is 2.29 bits per heavy atom. The molecule has 0 amide bonds. The molecular formula is C5H11NO. The van der Waals surface area contributed by atoms with Crippen molar-refractivity contribution in [2.45, 2.75) is 12.8 Å². The van der Waals surface area contributed by atoms with Gasteiger partial charge < -0.3 is 5.21 Å². The summed E-state index contributed by atoms with van der Waals surface area (Å²) < 4.78 is 0. The van der Waals surface area contributed by atoms with Crippen molar-refractivity contribution in [1.82, 2.24) is 5.06 Å². The predicted molar refractivity (Wildman–Crippen MR) is 27.1 cm³/mol. The molecule has 0 heterocycles. The van der Waals surface area contributed by atoms with Gasteiger partial charge in [-0.15, -0.1) is 0 Å². The van der Waals surface area contributed by atoms with Gasteiger partial charge in [-0.05, 0) is 18.8 Å². The van der Waals surface area contributed by atoms with Gasteiger partial charge in [0, 0.05) is 13.6 Å². The molecule has 0 saturated heterocycles. The highest BCUT2D eigenvalue weighted by atomic mass is 16.5. The number of nitrogens with zero attached hydrogens (tertiary/aromatic N) is 1. The van der Waals surface area contributed by atoms with Crippen molar-refractivity contribution in [2.75, 3.05) is 13.6 Å². The molecule has 0 spiro atoms. The third-order valence-corrected chi connectivity index (χ3v) is 1.22. The van der Waals surface area contributed by atoms with E-state index in [1.165, 1.54) is 17.9 Å². The Hall–Kier alpha value is -0.0800. The molecule has 0 aliphatic heterocycles. The summed E-state index contributed by atoms with van der Waals surface area (Å²) in [6.45, 7) is 0.861. The third kappa shape index (κ3) is 1.90. The third-order valence-electron chi connectivity index (χ3n) is 1.22. The largest absolute Gasteiger partial charge is 0.314 e. The van der Waals surface area contributed by atoms with Gasteiger partial charge in [-0.2, -0.15) is 5.06 Å². The normalized spacial score (nSPS) is 21.0. The second kappa shape index (κ2) is 1.80. The summed E-state index contributed by atoms with van der Waals surface area (Å²) in [4.78, 5) is 0. The SMILES string of the molecule is CN(O)CC1CC1. The molecule has 0 aromatic carbocycles. The second-order valence-corrected chi connectivity index (χ2v) is 2.28. The summed E-state index contributed by atoms with van der Waals surface area (Å²) in [5, 5.41) is 9.86. The van der Waals surface area contributed by atoms with Gasteiger partial charge in [0.05, 0.1) is 0 Å². The van der Waals surface area contributed by atoms with Crippen molar-refractivity contribution in [3.8, 4) is 0 Å². The second-order valence-electron chi connectivity index (χ2n) is 2.28. The van der Waals surface area contributed by atoms with E-state index in [0.717, 1.165) is 12.5 Å². The molecule has 1 aliphatic carbocycles. The topological polar surface area (TPSA) is 23.5 Å². The van der Waals surface area contributed by atoms with Crippen molar-refractivity contribution in [3.05, 3.63) is 0 Å². The first-order valence-corrected chi connectivity index (χ1v) is 2.69. The van der Waals surface area contributed by atoms with Crippen LogP contribution in [0.1, 0.15) is 12.8 Å². The molecule has 1 fully saturated rings. The highest BCUT2D eigenvalue weighted by Gasteiger charge is 2.21. The van der Waals surface area contributed by atoms with E-state index in [9.17, 15) is 0 Å². The van der Waals surface area contributed by atoms with Crippen LogP contribution < -0.4 is 0 Å². The number of hydrogen-bond acceptors (Lipinski definition) is 2. The molecule has 1 aliphatic rings. The molecule has 2 nitrogen and oxygen atoms in total. The monoisotopic (exact) mass is 101 g/mol. The zero-order valence-corrected chi connectivity index (χ0v) is 4.59. The lowest BCUT2D eigenvalue weighted by atomic mass is 10.4. The molecule has 0 radical (unpaired) electrons. The van der Waals surface area contributed by atoms with Crippen LogP contribution in [-0.2, 0) is 0 Å². The molecule has 1 saturated carbocycles. The maximum Gasteiger partial charge on any atom is 0.0263 e. The molecule has 0 unspecified atom stereocenters. The van der Waals surface area contributed by atoms with Gasteiger partial charge in [0.2, 0.25) is 0 Å². The average Bonchev–Trinajstić information content (AvgIpc) is 2.17. The highest BCUT2D eigenvalue weighted by Crippen LogP contribution is 2.28. The molecule has 42 valence electrons. The van der Waals surface area contributed by atoms with Crippen LogP contribution in [0.2, 0.25) is 0 Å². The summed E-state index contributed by atoms with van der Waals surface area (Å²) >= 11 is 0. The lowest BCUT2D eigenvalue weighted by molar-refractivity contribution is -0.0682. The first-order valence-electron chi connectivity index (χ1n) is 2.69. The molecular weight excluding hydrogens is 90.1 g/mol. The van der Waals surface area contributed by atoms with Crippen LogP contribution in [0.15, 0.2) is 0 Å². The molecule has 0 bridgehead atoms. The Kier molecular flexibility index (Phi) is 1.30. The Balaban J connectivity index is 1.97. The van der Waals surface area contributed by atoms with E-state index in [1.807, 2.05) is 0 Å². The van der Waals surface area contributed by atoms with E-state index in [2.05, 4.69) is 0 Å². The first kappa shape index (κ1) is 5.06. The molecule has 2 heteroatoms. The van der Waals surface area contributed by atoms with Gasteiger partial charge in [0.1, 0.15) is 0 Å². The van der Waals surface area contributed by atoms with Gasteiger partial charge in [-0.1, -0.05) is 0 Å². The van der Waals surface area contributed by atoms with Crippen molar-refractivity contribution in [3.63, 3.8) is 0 Å². The standard InChI is InChI=1S/C5H11NO/c1-6(7)4-5-2-3-5/h5,7H,2-4H2,1H3. The fourth-order valence-corrected chi connectivity index (χ4v) is 0.674. The first-order chi connectivity index (χ1) is 3.29. The summed E-state index contributed by atoms with van der Waals surface area (Å²) in [7, 11) is 1.69. The van der Waals surface area contributed by atoms with Crippen LogP contribution in [0, 0.1) is 5.92 Å². The van der Waals surface area contributed by atoms with Crippen LogP contribution in [0.5, 0.6) is 0 Å². The van der Waals surface area contributed by atoms with Crippen LogP contribution in [0.4, 0.5) is 0 Å². The fraction of sp³-hybridized carbons (Fsp3) is 1.00. The van der Waals surface area contributed by atoms with Gasteiger partial charge in [-0.3, -0.25) is 0 Å². The average molecular weight is 101 g/mol. The molecule has 0 aromatic rings. The fourth-order valence-electron chi connectivity index (χ4n) is 0.674. The lowest BCUT2D eigenvalue weighted by Gasteiger charge is -2.03. The molecule has 1 N–H and O–H groups in total. The van der Waals surface area contributed by atoms with E-state index in [4.69, 9.17) is 5.21 Å². The highest BCUT2D eigenvalue weighted by molar-refractivity contribution is 4.73. The Morgan fingerprint density at radius 1 is 1.71 bits per heavy atom. The van der Waals surface area contributed by atoms with E-state index >= 15 is 0 Å². The summed E-state index contributed by atoms with van der Waals surface area (Å²) in [6, 6.07) is 0. The smallest absolute Gasteiger partial charge is 0.0263 e. The quantitative estimate of drug-likeness (QED) is 0.518. The Labute approximate surface area is 43.7 Å². The van der Waals surface area contributed by atoms with Crippen molar-refractivity contribution < 1.29 is 5.21 Å². The van der Waals surface area contributed by atoms with Crippen molar-refractivity contribution in [1.29, 1.82) is 0 Å². The predicted octanol–water partition coefficient (Wildman–Crippen LogP) is 0.717. The van der Waals surface area contributed by atoms with Crippen molar-refractivity contribution >= 4 is 0 Å². The van der Waals surface area contributed by atoms with Gasteiger partial charge in [0.25, 0.3) is 0 Å². The Bertz CT molecular complexity index is 59.1. The number of rotatable bonds is 2. The van der Waals surface area contributed by atoms with E-state index in [-0.39, 0.29) is 0 Å². The molecule has 0 aromatic heterocycles. The molecule has 7 heavy (non-hydrogen) atoms. The van der Waals surface area contributed by atoms with Gasteiger partial charge in [0.15, 0.2) is 0 Å². The number of hydroxylamine groups is 2. The van der Waals surface area contributed by atoms with E-state index in [1.54, 1.807) is 7.05 Å². The van der Waals surface area contributed by atoms with Crippen molar-refractivity contribution in [2.24, 2.45) is 5.92 Å². The maximum absolute atomic E-state index is 8.60. The summed E-state index contributed by atoms with van der Waals surface area (Å²) in [6.07, 6.45) is 2.62. The van der Waals surface area contributed by atoms with E-state index in [0.29, 0.717) is 0 Å². The summed E-state index contributed by atoms with van der Waals surface area (Å²) in [5.41, 5.74) is 0. The minimum atomic E-state index is 0.801. The Morgan fingerprint density at radius 3 is 2.43 bits per heavy atom. The van der Waals surface area contributed by atoms with Crippen LogP contribution in [0.3, 0.4) is 0 Å². The lowest BCUT2D eigenvalue weighted by Crippen LogP contribution is -2.14. The minimum absolute atomic E-state index is 0.801. The number of hydrogen-bond donors (Lipinski definition) is 1. The van der Waals surface area contributed by atoms with Crippen LogP contribution in [0.25, 0.3) is 0 Å². The minimum Gasteiger partial charge on any atom is -0.314 e. The maximum atomic E-state index is 8.60. The van der Waals surface area contributed by atoms with Gasteiger partial charge >= 0.3 is 0 Å².